The molecule has 3 aromatic rings. The van der Waals surface area contributed by atoms with Crippen molar-refractivity contribution in [1.29, 1.82) is 0 Å². The summed E-state index contributed by atoms with van der Waals surface area (Å²) in [5.74, 6) is -1.29. The third kappa shape index (κ3) is 3.08. The van der Waals surface area contributed by atoms with Gasteiger partial charge in [-0.05, 0) is 26.0 Å². The molecule has 0 radical (unpaired) electrons. The lowest BCUT2D eigenvalue weighted by Crippen LogP contribution is -2.24. The maximum absolute atomic E-state index is 13.4. The third-order valence-electron chi connectivity index (χ3n) is 3.93. The van der Waals surface area contributed by atoms with Crippen LogP contribution in [0.4, 0.5) is 10.1 Å². The molecule has 128 valence electrons. The van der Waals surface area contributed by atoms with E-state index in [1.807, 2.05) is 24.3 Å². The Morgan fingerprint density at radius 2 is 2.00 bits per heavy atom. The number of nitrogens with one attached hydrogen (secondary N) is 1. The number of hydrogen-bond donors (Lipinski definition) is 1. The van der Waals surface area contributed by atoms with Crippen molar-refractivity contribution in [2.75, 3.05) is 0 Å². The van der Waals surface area contributed by atoms with Crippen LogP contribution in [0.3, 0.4) is 0 Å². The molecule has 0 aliphatic heterocycles. The average Bonchev–Trinajstić information content (AvgIpc) is 2.89. The third-order valence-corrected chi connectivity index (χ3v) is 3.93. The van der Waals surface area contributed by atoms with Crippen molar-refractivity contribution >= 4 is 22.4 Å². The van der Waals surface area contributed by atoms with E-state index in [-0.39, 0.29) is 11.5 Å². The molecule has 1 N–H and O–H groups in total. The standard InChI is InChI=1S/C18H15FN2O4/c1-10-17(13-5-3-4-6-14(13)20-10)18(22)11(2)25-16-9-12(19)7-8-15(16)21(23)24/h3-9,11,20H,1-2H3/t11-/m0/s1. The zero-order chi connectivity index (χ0) is 18.1. The first-order valence-corrected chi connectivity index (χ1v) is 7.60. The predicted octanol–water partition coefficient (Wildman–Crippen LogP) is 4.17. The van der Waals surface area contributed by atoms with Gasteiger partial charge in [0.05, 0.1) is 4.92 Å². The number of nitro benzene ring substituents is 1. The minimum Gasteiger partial charge on any atom is -0.475 e. The number of H-pyrrole nitrogens is 1. The largest absolute Gasteiger partial charge is 0.475 e. The van der Waals surface area contributed by atoms with Crippen molar-refractivity contribution in [3.8, 4) is 5.75 Å². The number of nitrogens with zero attached hydrogens (tertiary/aromatic N) is 1. The number of aryl methyl sites for hydroxylation is 1. The van der Waals surface area contributed by atoms with Crippen LogP contribution in [-0.4, -0.2) is 21.8 Å². The molecule has 2 aromatic carbocycles. The van der Waals surface area contributed by atoms with Crippen LogP contribution < -0.4 is 4.74 Å². The highest BCUT2D eigenvalue weighted by molar-refractivity contribution is 6.11. The number of hydrogen-bond acceptors (Lipinski definition) is 4. The van der Waals surface area contributed by atoms with E-state index in [0.717, 1.165) is 29.1 Å². The van der Waals surface area contributed by atoms with E-state index in [4.69, 9.17) is 4.74 Å². The molecular weight excluding hydrogens is 327 g/mol. The van der Waals surface area contributed by atoms with Gasteiger partial charge in [0, 0.05) is 34.3 Å². The first-order chi connectivity index (χ1) is 11.9. The Morgan fingerprint density at radius 1 is 1.28 bits per heavy atom. The van der Waals surface area contributed by atoms with Gasteiger partial charge in [0.15, 0.2) is 6.10 Å². The molecule has 7 heteroatoms. The first kappa shape index (κ1) is 16.6. The molecule has 0 aliphatic rings. The van der Waals surface area contributed by atoms with E-state index in [2.05, 4.69) is 4.98 Å². The topological polar surface area (TPSA) is 85.2 Å². The second-order valence-corrected chi connectivity index (χ2v) is 5.66. The number of aromatic amines is 1. The zero-order valence-corrected chi connectivity index (χ0v) is 13.6. The van der Waals surface area contributed by atoms with Crippen LogP contribution >= 0.6 is 0 Å². The van der Waals surface area contributed by atoms with Crippen LogP contribution in [0.2, 0.25) is 0 Å². The maximum atomic E-state index is 13.4. The number of benzene rings is 2. The number of ether oxygens (including phenoxy) is 1. The molecule has 25 heavy (non-hydrogen) atoms. The summed E-state index contributed by atoms with van der Waals surface area (Å²) >= 11 is 0. The molecule has 1 aromatic heterocycles. The number of rotatable bonds is 5. The van der Waals surface area contributed by atoms with Gasteiger partial charge in [0.1, 0.15) is 5.82 Å². The second-order valence-electron chi connectivity index (χ2n) is 5.66. The summed E-state index contributed by atoms with van der Waals surface area (Å²) in [6.07, 6.45) is -1.02. The smallest absolute Gasteiger partial charge is 0.311 e. The van der Waals surface area contributed by atoms with Crippen LogP contribution in [-0.2, 0) is 0 Å². The van der Waals surface area contributed by atoms with Crippen LogP contribution in [0.5, 0.6) is 5.75 Å². The lowest BCUT2D eigenvalue weighted by molar-refractivity contribution is -0.386. The number of nitro groups is 1. The van der Waals surface area contributed by atoms with E-state index in [9.17, 15) is 19.3 Å². The summed E-state index contributed by atoms with van der Waals surface area (Å²) in [5.41, 5.74) is 1.56. The number of aromatic nitrogens is 1. The number of ketones is 1. The van der Waals surface area contributed by atoms with E-state index in [0.29, 0.717) is 11.3 Å². The highest BCUT2D eigenvalue weighted by Crippen LogP contribution is 2.30. The number of para-hydroxylation sites is 1. The van der Waals surface area contributed by atoms with E-state index >= 15 is 0 Å². The fourth-order valence-electron chi connectivity index (χ4n) is 2.77. The quantitative estimate of drug-likeness (QED) is 0.428. The normalized spacial score (nSPS) is 12.1. The van der Waals surface area contributed by atoms with Crippen molar-refractivity contribution in [2.45, 2.75) is 20.0 Å². The second kappa shape index (κ2) is 6.35. The van der Waals surface area contributed by atoms with Crippen LogP contribution in [0.25, 0.3) is 10.9 Å². The van der Waals surface area contributed by atoms with Gasteiger partial charge in [-0.2, -0.15) is 0 Å². The molecule has 0 spiro atoms. The fourth-order valence-corrected chi connectivity index (χ4v) is 2.77. The molecule has 0 aliphatic carbocycles. The minimum atomic E-state index is -1.02. The molecule has 0 bridgehead atoms. The van der Waals surface area contributed by atoms with Crippen molar-refractivity contribution in [1.82, 2.24) is 4.98 Å². The van der Waals surface area contributed by atoms with Crippen molar-refractivity contribution in [2.24, 2.45) is 0 Å². The summed E-state index contributed by atoms with van der Waals surface area (Å²) in [6.45, 7) is 3.25. The molecule has 1 heterocycles. The molecule has 0 fully saturated rings. The van der Waals surface area contributed by atoms with Gasteiger partial charge in [-0.15, -0.1) is 0 Å². The summed E-state index contributed by atoms with van der Waals surface area (Å²) in [7, 11) is 0. The first-order valence-electron chi connectivity index (χ1n) is 7.60. The predicted molar refractivity (Wildman–Crippen MR) is 90.5 cm³/mol. The molecule has 0 amide bonds. The van der Waals surface area contributed by atoms with Crippen LogP contribution in [0, 0.1) is 22.9 Å². The highest BCUT2D eigenvalue weighted by atomic mass is 19.1. The van der Waals surface area contributed by atoms with Gasteiger partial charge in [0.2, 0.25) is 11.5 Å². The Morgan fingerprint density at radius 3 is 2.72 bits per heavy atom. The van der Waals surface area contributed by atoms with Gasteiger partial charge in [0.25, 0.3) is 0 Å². The van der Waals surface area contributed by atoms with Gasteiger partial charge in [-0.25, -0.2) is 4.39 Å². The van der Waals surface area contributed by atoms with Crippen molar-refractivity contribution in [3.05, 3.63) is 69.7 Å². The van der Waals surface area contributed by atoms with Gasteiger partial charge < -0.3 is 9.72 Å². The maximum Gasteiger partial charge on any atom is 0.311 e. The molecule has 1 atom stereocenters. The minimum absolute atomic E-state index is 0.275. The molecule has 6 nitrogen and oxygen atoms in total. The molecular formula is C18H15FN2O4. The number of fused-ring (bicyclic) bond motifs is 1. The molecule has 0 unspecified atom stereocenters. The SMILES string of the molecule is Cc1[nH]c2ccccc2c1C(=O)[C@H](C)Oc1cc(F)ccc1[N+](=O)[O-]. The monoisotopic (exact) mass is 342 g/mol. The summed E-state index contributed by atoms with van der Waals surface area (Å²) < 4.78 is 18.8. The summed E-state index contributed by atoms with van der Waals surface area (Å²) in [6, 6.07) is 10.2. The Labute approximate surface area is 142 Å². The van der Waals surface area contributed by atoms with Gasteiger partial charge in [-0.3, -0.25) is 14.9 Å². The van der Waals surface area contributed by atoms with E-state index in [1.165, 1.54) is 6.92 Å². The van der Waals surface area contributed by atoms with E-state index < -0.39 is 22.5 Å². The molecule has 0 saturated heterocycles. The lowest BCUT2D eigenvalue weighted by atomic mass is 10.0. The highest BCUT2D eigenvalue weighted by Gasteiger charge is 2.25. The van der Waals surface area contributed by atoms with Gasteiger partial charge in [-0.1, -0.05) is 18.2 Å². The van der Waals surface area contributed by atoms with E-state index in [1.54, 1.807) is 6.92 Å². The average molecular weight is 342 g/mol. The number of carbonyl (C=O) groups excluding carboxylic acids is 1. The lowest BCUT2D eigenvalue weighted by Gasteiger charge is -2.14. The zero-order valence-electron chi connectivity index (χ0n) is 13.6. The van der Waals surface area contributed by atoms with Crippen LogP contribution in [0.1, 0.15) is 23.0 Å². The van der Waals surface area contributed by atoms with Crippen molar-refractivity contribution in [3.63, 3.8) is 0 Å². The summed E-state index contributed by atoms with van der Waals surface area (Å²) in [4.78, 5) is 26.3. The number of Topliss-reactive ketones (excluding diaryl/α,β-unsaturated/α-hetero) is 1. The van der Waals surface area contributed by atoms with Gasteiger partial charge >= 0.3 is 5.69 Å². The van der Waals surface area contributed by atoms with Crippen LogP contribution in [0.15, 0.2) is 42.5 Å². The van der Waals surface area contributed by atoms with Crippen molar-refractivity contribution < 1.29 is 18.8 Å². The molecule has 0 saturated carbocycles. The summed E-state index contributed by atoms with van der Waals surface area (Å²) in [5, 5.41) is 11.8. The number of carbonyl (C=O) groups is 1. The fraction of sp³-hybridized carbons (Fsp3) is 0.167. The Kier molecular flexibility index (Phi) is 4.22. The Hall–Kier alpha value is -3.22. The Balaban J connectivity index is 1.95. The number of halogens is 1. The Bertz CT molecular complexity index is 980. The molecule has 3 rings (SSSR count).